The smallest absolute Gasteiger partial charge is 0.247 e. The van der Waals surface area contributed by atoms with Gasteiger partial charge in [0.1, 0.15) is 4.21 Å². The fourth-order valence-electron chi connectivity index (χ4n) is 1.62. The first-order valence-corrected chi connectivity index (χ1v) is 7.67. The van der Waals surface area contributed by atoms with Crippen molar-refractivity contribution in [1.82, 2.24) is 0 Å². The number of rotatable bonds is 4. The Kier molecular flexibility index (Phi) is 3.79. The van der Waals surface area contributed by atoms with Gasteiger partial charge in [0, 0.05) is 4.88 Å². The molecule has 0 fully saturated rings. The number of hydrogen-bond acceptors (Lipinski definition) is 5. The van der Waals surface area contributed by atoms with Crippen LogP contribution in [0.5, 0.6) is 11.5 Å². The second-order valence-electron chi connectivity index (χ2n) is 3.73. The largest absolute Gasteiger partial charge is 0.493 e. The third-order valence-electron chi connectivity index (χ3n) is 2.53. The molecule has 0 saturated carbocycles. The molecule has 2 N–H and O–H groups in total. The molecule has 7 heteroatoms. The van der Waals surface area contributed by atoms with Gasteiger partial charge in [-0.25, -0.2) is 13.6 Å². The zero-order valence-electron chi connectivity index (χ0n) is 10.4. The van der Waals surface area contributed by atoms with Crippen LogP contribution in [0.2, 0.25) is 0 Å². The molecule has 0 atom stereocenters. The van der Waals surface area contributed by atoms with Crippen LogP contribution in [0.25, 0.3) is 10.4 Å². The maximum Gasteiger partial charge on any atom is 0.247 e. The van der Waals surface area contributed by atoms with Crippen molar-refractivity contribution in [3.05, 3.63) is 30.3 Å². The molecule has 0 radical (unpaired) electrons. The summed E-state index contributed by atoms with van der Waals surface area (Å²) in [7, 11) is -0.551. The van der Waals surface area contributed by atoms with E-state index in [2.05, 4.69) is 0 Å². The summed E-state index contributed by atoms with van der Waals surface area (Å²) in [6.07, 6.45) is 0. The predicted molar refractivity (Wildman–Crippen MR) is 74.2 cm³/mol. The third kappa shape index (κ3) is 2.89. The minimum Gasteiger partial charge on any atom is -0.493 e. The van der Waals surface area contributed by atoms with Crippen LogP contribution in [0.15, 0.2) is 34.5 Å². The fraction of sp³-hybridized carbons (Fsp3) is 0.167. The highest BCUT2D eigenvalue weighted by Crippen LogP contribution is 2.36. The number of ether oxygens (including phenoxy) is 2. The zero-order chi connectivity index (χ0) is 14.0. The Morgan fingerprint density at radius 3 is 2.26 bits per heavy atom. The first-order chi connectivity index (χ1) is 8.95. The molecule has 102 valence electrons. The van der Waals surface area contributed by atoms with Gasteiger partial charge in [-0.3, -0.25) is 0 Å². The van der Waals surface area contributed by atoms with E-state index in [0.717, 1.165) is 21.8 Å². The third-order valence-corrected chi connectivity index (χ3v) is 5.10. The van der Waals surface area contributed by atoms with Gasteiger partial charge < -0.3 is 9.47 Å². The van der Waals surface area contributed by atoms with Gasteiger partial charge in [-0.15, -0.1) is 11.3 Å². The van der Waals surface area contributed by atoms with Crippen LogP contribution in [0.4, 0.5) is 0 Å². The van der Waals surface area contributed by atoms with Crippen LogP contribution in [0.3, 0.4) is 0 Å². The van der Waals surface area contributed by atoms with Crippen LogP contribution in [-0.2, 0) is 10.0 Å². The van der Waals surface area contributed by atoms with E-state index in [9.17, 15) is 8.42 Å². The molecule has 0 amide bonds. The quantitative estimate of drug-likeness (QED) is 0.937. The molecular formula is C12H13NO4S2. The molecule has 19 heavy (non-hydrogen) atoms. The normalized spacial score (nSPS) is 11.3. The van der Waals surface area contributed by atoms with Gasteiger partial charge in [0.05, 0.1) is 14.2 Å². The molecule has 1 aromatic heterocycles. The summed E-state index contributed by atoms with van der Waals surface area (Å²) in [5.41, 5.74) is 0.845. The van der Waals surface area contributed by atoms with E-state index in [-0.39, 0.29) is 4.21 Å². The summed E-state index contributed by atoms with van der Waals surface area (Å²) in [6, 6.07) is 8.60. The predicted octanol–water partition coefficient (Wildman–Crippen LogP) is 2.08. The lowest BCUT2D eigenvalue weighted by molar-refractivity contribution is 0.355. The lowest BCUT2D eigenvalue weighted by Crippen LogP contribution is -2.09. The van der Waals surface area contributed by atoms with Gasteiger partial charge >= 0.3 is 0 Å². The standard InChI is InChI=1S/C12H13NO4S2/c1-16-9-4-3-8(7-10(9)17-2)11-5-6-12(18-11)19(13,14)15/h3-7H,1-2H3,(H2,13,14,15). The molecule has 0 aliphatic heterocycles. The summed E-state index contributed by atoms with van der Waals surface area (Å²) in [6.45, 7) is 0. The number of methoxy groups -OCH3 is 2. The summed E-state index contributed by atoms with van der Waals surface area (Å²) < 4.78 is 33.0. The average Bonchev–Trinajstić information content (AvgIpc) is 2.87. The molecular weight excluding hydrogens is 286 g/mol. The zero-order valence-corrected chi connectivity index (χ0v) is 12.0. The van der Waals surface area contributed by atoms with E-state index in [1.54, 1.807) is 32.4 Å². The average molecular weight is 299 g/mol. The van der Waals surface area contributed by atoms with Crippen molar-refractivity contribution in [3.63, 3.8) is 0 Å². The van der Waals surface area contributed by atoms with Crippen molar-refractivity contribution >= 4 is 21.4 Å². The fourth-order valence-corrected chi connectivity index (χ4v) is 3.34. The number of nitrogens with two attached hydrogens (primary N) is 1. The molecule has 5 nitrogen and oxygen atoms in total. The van der Waals surface area contributed by atoms with Gasteiger partial charge in [0.15, 0.2) is 11.5 Å². The van der Waals surface area contributed by atoms with Gasteiger partial charge in [0.25, 0.3) is 0 Å². The second kappa shape index (κ2) is 5.20. The highest BCUT2D eigenvalue weighted by molar-refractivity contribution is 7.91. The summed E-state index contributed by atoms with van der Waals surface area (Å²) >= 11 is 1.12. The maximum absolute atomic E-state index is 11.2. The van der Waals surface area contributed by atoms with Crippen LogP contribution in [0.1, 0.15) is 0 Å². The number of thiophene rings is 1. The van der Waals surface area contributed by atoms with E-state index >= 15 is 0 Å². The van der Waals surface area contributed by atoms with Crippen molar-refractivity contribution in [3.8, 4) is 21.9 Å². The summed E-state index contributed by atoms with van der Waals surface area (Å²) in [5, 5.41) is 5.09. The molecule has 0 saturated heterocycles. The highest BCUT2D eigenvalue weighted by Gasteiger charge is 2.13. The Morgan fingerprint density at radius 2 is 1.74 bits per heavy atom. The minimum absolute atomic E-state index is 0.136. The molecule has 1 aromatic carbocycles. The van der Waals surface area contributed by atoms with Crippen molar-refractivity contribution in [2.45, 2.75) is 4.21 Å². The van der Waals surface area contributed by atoms with Crippen molar-refractivity contribution in [1.29, 1.82) is 0 Å². The van der Waals surface area contributed by atoms with Gasteiger partial charge in [-0.1, -0.05) is 0 Å². The highest BCUT2D eigenvalue weighted by atomic mass is 32.2. The Bertz CT molecular complexity index is 692. The number of hydrogen-bond donors (Lipinski definition) is 1. The van der Waals surface area contributed by atoms with Gasteiger partial charge in [0.2, 0.25) is 10.0 Å². The first kappa shape index (κ1) is 13.9. The number of primary sulfonamides is 1. The van der Waals surface area contributed by atoms with E-state index in [1.807, 2.05) is 6.07 Å². The van der Waals surface area contributed by atoms with E-state index in [4.69, 9.17) is 14.6 Å². The van der Waals surface area contributed by atoms with Gasteiger partial charge in [-0.05, 0) is 35.9 Å². The maximum atomic E-state index is 11.2. The lowest BCUT2D eigenvalue weighted by Gasteiger charge is -2.08. The molecule has 2 aromatic rings. The Labute approximate surface area is 115 Å². The van der Waals surface area contributed by atoms with E-state index in [1.165, 1.54) is 6.07 Å². The minimum atomic E-state index is -3.66. The van der Waals surface area contributed by atoms with Crippen LogP contribution in [0, 0.1) is 0 Å². The molecule has 0 unspecified atom stereocenters. The summed E-state index contributed by atoms with van der Waals surface area (Å²) in [5.74, 6) is 1.21. The first-order valence-electron chi connectivity index (χ1n) is 5.30. The lowest BCUT2D eigenvalue weighted by atomic mass is 10.1. The molecule has 0 aliphatic rings. The summed E-state index contributed by atoms with van der Waals surface area (Å²) in [4.78, 5) is 0.796. The number of benzene rings is 1. The molecule has 1 heterocycles. The van der Waals surface area contributed by atoms with E-state index in [0.29, 0.717) is 11.5 Å². The van der Waals surface area contributed by atoms with Crippen LogP contribution < -0.4 is 14.6 Å². The van der Waals surface area contributed by atoms with E-state index < -0.39 is 10.0 Å². The van der Waals surface area contributed by atoms with Crippen LogP contribution >= 0.6 is 11.3 Å². The van der Waals surface area contributed by atoms with Crippen molar-refractivity contribution < 1.29 is 17.9 Å². The Hall–Kier alpha value is -1.57. The Morgan fingerprint density at radius 1 is 1.05 bits per heavy atom. The molecule has 0 spiro atoms. The second-order valence-corrected chi connectivity index (χ2v) is 6.61. The number of sulfonamides is 1. The topological polar surface area (TPSA) is 78.6 Å². The monoisotopic (exact) mass is 299 g/mol. The molecule has 0 bridgehead atoms. The van der Waals surface area contributed by atoms with Crippen LogP contribution in [-0.4, -0.2) is 22.6 Å². The Balaban J connectivity index is 2.45. The van der Waals surface area contributed by atoms with Crippen molar-refractivity contribution in [2.75, 3.05) is 14.2 Å². The van der Waals surface area contributed by atoms with Gasteiger partial charge in [-0.2, -0.15) is 0 Å². The SMILES string of the molecule is COc1ccc(-c2ccc(S(N)(=O)=O)s2)cc1OC. The van der Waals surface area contributed by atoms with Crippen molar-refractivity contribution in [2.24, 2.45) is 5.14 Å². The molecule has 2 rings (SSSR count). The molecule has 0 aliphatic carbocycles.